The molecule has 0 aliphatic carbocycles. The lowest BCUT2D eigenvalue weighted by Crippen LogP contribution is -2.37. The van der Waals surface area contributed by atoms with Crippen molar-refractivity contribution in [3.63, 3.8) is 0 Å². The first-order chi connectivity index (χ1) is 9.24. The van der Waals surface area contributed by atoms with Crippen LogP contribution in [0.4, 0.5) is 0 Å². The van der Waals surface area contributed by atoms with Gasteiger partial charge in [-0.25, -0.2) is 0 Å². The summed E-state index contributed by atoms with van der Waals surface area (Å²) in [6.45, 7) is 0.262. The van der Waals surface area contributed by atoms with Crippen molar-refractivity contribution in [1.82, 2.24) is 4.98 Å². The van der Waals surface area contributed by atoms with Crippen LogP contribution in [-0.4, -0.2) is 25.0 Å². The number of aromatic nitrogens is 2. The van der Waals surface area contributed by atoms with Crippen molar-refractivity contribution in [2.75, 3.05) is 14.2 Å². The zero-order chi connectivity index (χ0) is 13.7. The molecule has 0 fully saturated rings. The van der Waals surface area contributed by atoms with Gasteiger partial charge in [-0.15, -0.1) is 0 Å². The number of ether oxygens (including phenoxy) is 2. The summed E-state index contributed by atoms with van der Waals surface area (Å²) >= 11 is 0. The molecule has 0 unspecified atom stereocenters. The number of Topliss-reactive ketones (excluding diaryl/α,β-unsaturated/α-hetero) is 1. The number of carbonyl (C=O) groups excluding carboxylic acids is 1. The first-order valence-electron chi connectivity index (χ1n) is 5.79. The molecule has 0 bridgehead atoms. The molecular formula is C14H15N2O3+. The van der Waals surface area contributed by atoms with Gasteiger partial charge < -0.3 is 9.47 Å². The maximum atomic E-state index is 12.1. The minimum Gasteiger partial charge on any atom is -0.493 e. The number of hydrogen-bond donors (Lipinski definition) is 0. The molecule has 98 valence electrons. The van der Waals surface area contributed by atoms with E-state index in [1.165, 1.54) is 0 Å². The van der Waals surface area contributed by atoms with Crippen LogP contribution >= 0.6 is 0 Å². The van der Waals surface area contributed by atoms with E-state index in [1.54, 1.807) is 61.8 Å². The largest absolute Gasteiger partial charge is 0.493 e. The summed E-state index contributed by atoms with van der Waals surface area (Å²) in [6, 6.07) is 5.14. The fraction of sp³-hybridized carbons (Fsp3) is 0.214. The van der Waals surface area contributed by atoms with E-state index in [1.807, 2.05) is 0 Å². The topological polar surface area (TPSA) is 52.3 Å². The molecule has 0 saturated heterocycles. The first-order valence-corrected chi connectivity index (χ1v) is 5.79. The van der Waals surface area contributed by atoms with E-state index in [4.69, 9.17) is 9.47 Å². The highest BCUT2D eigenvalue weighted by Gasteiger charge is 2.14. The van der Waals surface area contributed by atoms with Gasteiger partial charge in [0, 0.05) is 5.56 Å². The van der Waals surface area contributed by atoms with Crippen molar-refractivity contribution < 1.29 is 18.8 Å². The Balaban J connectivity index is 2.20. The van der Waals surface area contributed by atoms with Crippen LogP contribution in [-0.2, 0) is 6.54 Å². The van der Waals surface area contributed by atoms with Crippen LogP contribution in [0.25, 0.3) is 0 Å². The summed E-state index contributed by atoms with van der Waals surface area (Å²) in [4.78, 5) is 16.1. The Labute approximate surface area is 111 Å². The summed E-state index contributed by atoms with van der Waals surface area (Å²) in [6.07, 6.45) is 6.78. The van der Waals surface area contributed by atoms with Crippen LogP contribution < -0.4 is 14.0 Å². The molecule has 0 radical (unpaired) electrons. The molecule has 2 rings (SSSR count). The van der Waals surface area contributed by atoms with Crippen molar-refractivity contribution >= 4 is 5.78 Å². The van der Waals surface area contributed by atoms with Crippen LogP contribution in [0.5, 0.6) is 11.5 Å². The SMILES string of the molecule is COc1ccc(C(=O)C[n+]2ccncc2)cc1OC. The molecule has 0 atom stereocenters. The Morgan fingerprint density at radius 3 is 2.47 bits per heavy atom. The van der Waals surface area contributed by atoms with Gasteiger partial charge in [0.1, 0.15) is 0 Å². The molecule has 5 nitrogen and oxygen atoms in total. The third-order valence-corrected chi connectivity index (χ3v) is 2.72. The molecule has 19 heavy (non-hydrogen) atoms. The number of methoxy groups -OCH3 is 2. The van der Waals surface area contributed by atoms with Gasteiger partial charge in [0.2, 0.25) is 12.3 Å². The Bertz CT molecular complexity index is 570. The summed E-state index contributed by atoms with van der Waals surface area (Å²) in [7, 11) is 3.11. The number of ketones is 1. The molecule has 1 aromatic carbocycles. The third-order valence-electron chi connectivity index (χ3n) is 2.72. The van der Waals surface area contributed by atoms with Gasteiger partial charge in [-0.1, -0.05) is 0 Å². The molecule has 1 heterocycles. The van der Waals surface area contributed by atoms with Crippen molar-refractivity contribution in [2.45, 2.75) is 6.54 Å². The molecule has 1 aromatic heterocycles. The lowest BCUT2D eigenvalue weighted by molar-refractivity contribution is -0.683. The summed E-state index contributed by atoms with van der Waals surface area (Å²) < 4.78 is 12.1. The maximum absolute atomic E-state index is 12.1. The van der Waals surface area contributed by atoms with Crippen molar-refractivity contribution in [2.24, 2.45) is 0 Å². The van der Waals surface area contributed by atoms with Crippen molar-refractivity contribution in [1.29, 1.82) is 0 Å². The molecule has 0 amide bonds. The molecule has 0 aliphatic rings. The average molecular weight is 259 g/mol. The summed E-state index contributed by atoms with van der Waals surface area (Å²) in [5.74, 6) is 1.15. The zero-order valence-corrected chi connectivity index (χ0v) is 10.9. The Morgan fingerprint density at radius 2 is 1.84 bits per heavy atom. The quantitative estimate of drug-likeness (QED) is 0.599. The fourth-order valence-electron chi connectivity index (χ4n) is 1.72. The van der Waals surface area contributed by atoms with Gasteiger partial charge >= 0.3 is 0 Å². The van der Waals surface area contributed by atoms with Crippen LogP contribution in [0.3, 0.4) is 0 Å². The maximum Gasteiger partial charge on any atom is 0.227 e. The molecule has 0 saturated carbocycles. The van der Waals surface area contributed by atoms with E-state index in [9.17, 15) is 4.79 Å². The zero-order valence-electron chi connectivity index (χ0n) is 10.9. The van der Waals surface area contributed by atoms with Gasteiger partial charge in [-0.3, -0.25) is 9.78 Å². The van der Waals surface area contributed by atoms with Gasteiger partial charge in [-0.05, 0) is 18.2 Å². The molecule has 2 aromatic rings. The van der Waals surface area contributed by atoms with Crippen LogP contribution in [0.1, 0.15) is 10.4 Å². The normalized spacial score (nSPS) is 10.0. The minimum absolute atomic E-state index is 0.00264. The average Bonchev–Trinajstić information content (AvgIpc) is 2.47. The van der Waals surface area contributed by atoms with E-state index in [2.05, 4.69) is 4.98 Å². The van der Waals surface area contributed by atoms with Crippen molar-refractivity contribution in [3.05, 3.63) is 48.5 Å². The van der Waals surface area contributed by atoms with Gasteiger partial charge in [-0.2, -0.15) is 4.57 Å². The fourth-order valence-corrected chi connectivity index (χ4v) is 1.72. The van der Waals surface area contributed by atoms with Crippen LogP contribution in [0.2, 0.25) is 0 Å². The second-order valence-corrected chi connectivity index (χ2v) is 3.91. The Morgan fingerprint density at radius 1 is 1.16 bits per heavy atom. The van der Waals surface area contributed by atoms with Gasteiger partial charge in [0.25, 0.3) is 0 Å². The van der Waals surface area contributed by atoms with E-state index >= 15 is 0 Å². The summed E-state index contributed by atoms with van der Waals surface area (Å²) in [5, 5.41) is 0. The number of carbonyl (C=O) groups is 1. The second-order valence-electron chi connectivity index (χ2n) is 3.91. The summed E-state index contributed by atoms with van der Waals surface area (Å²) in [5.41, 5.74) is 0.585. The highest BCUT2D eigenvalue weighted by molar-refractivity contribution is 5.95. The van der Waals surface area contributed by atoms with E-state index < -0.39 is 0 Å². The molecule has 5 heteroatoms. The highest BCUT2D eigenvalue weighted by atomic mass is 16.5. The van der Waals surface area contributed by atoms with Crippen LogP contribution in [0.15, 0.2) is 43.0 Å². The number of rotatable bonds is 5. The van der Waals surface area contributed by atoms with Gasteiger partial charge in [0.15, 0.2) is 23.9 Å². The van der Waals surface area contributed by atoms with E-state index in [0.29, 0.717) is 17.1 Å². The lowest BCUT2D eigenvalue weighted by atomic mass is 10.1. The number of nitrogens with zero attached hydrogens (tertiary/aromatic N) is 2. The molecule has 0 spiro atoms. The van der Waals surface area contributed by atoms with Crippen molar-refractivity contribution in [3.8, 4) is 11.5 Å². The van der Waals surface area contributed by atoms with E-state index in [0.717, 1.165) is 0 Å². The second kappa shape index (κ2) is 5.95. The monoisotopic (exact) mass is 259 g/mol. The van der Waals surface area contributed by atoms with Gasteiger partial charge in [0.05, 0.1) is 26.6 Å². The Hall–Kier alpha value is -2.43. The molecule has 0 N–H and O–H groups in total. The lowest BCUT2D eigenvalue weighted by Gasteiger charge is -2.08. The molecule has 0 aliphatic heterocycles. The number of benzene rings is 1. The van der Waals surface area contributed by atoms with E-state index in [-0.39, 0.29) is 12.3 Å². The first kappa shape index (κ1) is 13.0. The predicted octanol–water partition coefficient (Wildman–Crippen LogP) is 1.27. The smallest absolute Gasteiger partial charge is 0.227 e. The number of hydrogen-bond acceptors (Lipinski definition) is 4. The predicted molar refractivity (Wildman–Crippen MR) is 68.3 cm³/mol. The third kappa shape index (κ3) is 3.07. The van der Waals surface area contributed by atoms with Crippen LogP contribution in [0, 0.1) is 0 Å². The standard InChI is InChI=1S/C14H15N2O3/c1-18-13-4-3-11(9-14(13)19-2)12(17)10-16-7-5-15-6-8-16/h3-9H,10H2,1-2H3/q+1. The molecular weight excluding hydrogens is 244 g/mol. The highest BCUT2D eigenvalue weighted by Crippen LogP contribution is 2.27. The Kier molecular flexibility index (Phi) is 4.07. The minimum atomic E-state index is -0.00264.